The molecule has 5 N–H and O–H groups in total. The van der Waals surface area contributed by atoms with Gasteiger partial charge in [-0.25, -0.2) is 4.99 Å². The number of hydrogen-bond acceptors (Lipinski definition) is 7. The van der Waals surface area contributed by atoms with Crippen LogP contribution in [0.25, 0.3) is 0 Å². The fourth-order valence-electron chi connectivity index (χ4n) is 4.63. The monoisotopic (exact) mass is 633 g/mol. The quantitative estimate of drug-likeness (QED) is 0.156. The molecule has 2 atom stereocenters. The zero-order valence-electron chi connectivity index (χ0n) is 23.8. The number of halogens is 6. The molecule has 45 heavy (non-hydrogen) atoms. The Morgan fingerprint density at radius 2 is 1.80 bits per heavy atom. The van der Waals surface area contributed by atoms with Gasteiger partial charge in [0.2, 0.25) is 12.1 Å². The number of fused-ring (bicyclic) bond motifs is 1. The van der Waals surface area contributed by atoms with Gasteiger partial charge < -0.3 is 26.0 Å². The Hall–Kier alpha value is -4.92. The number of alkyl halides is 6. The van der Waals surface area contributed by atoms with E-state index >= 15 is 0 Å². The van der Waals surface area contributed by atoms with Crippen molar-refractivity contribution in [1.29, 1.82) is 5.41 Å². The van der Waals surface area contributed by atoms with Gasteiger partial charge in [0.15, 0.2) is 0 Å². The molecule has 0 aliphatic carbocycles. The van der Waals surface area contributed by atoms with E-state index in [1.165, 1.54) is 6.92 Å². The van der Waals surface area contributed by atoms with Crippen LogP contribution >= 0.6 is 0 Å². The first-order valence-corrected chi connectivity index (χ1v) is 13.5. The SMILES string of the molecule is C=C/C(=C\C(=C(/C)C(=N)O/C(N)=N/C1N=C(c2ccccc2)c2ccccc2NC1=O)N1CCNC(C(F)(F)F)C1)C(F)(F)F. The Morgan fingerprint density at radius 3 is 2.44 bits per heavy atom. The number of ether oxygens (including phenoxy) is 1. The molecule has 15 heteroatoms. The highest BCUT2D eigenvalue weighted by atomic mass is 19.4. The van der Waals surface area contributed by atoms with Crippen LogP contribution in [0.15, 0.2) is 100 Å². The minimum absolute atomic E-state index is 0.103. The van der Waals surface area contributed by atoms with E-state index in [2.05, 4.69) is 27.2 Å². The van der Waals surface area contributed by atoms with E-state index in [9.17, 15) is 31.1 Å². The third-order valence-corrected chi connectivity index (χ3v) is 6.90. The number of carbonyl (C=O) groups excluding carboxylic acids is 1. The number of hydrogen-bond donors (Lipinski definition) is 4. The average Bonchev–Trinajstić information content (AvgIpc) is 3.12. The third-order valence-electron chi connectivity index (χ3n) is 6.90. The number of piperazine rings is 1. The molecule has 2 aromatic carbocycles. The predicted molar refractivity (Wildman–Crippen MR) is 158 cm³/mol. The first kappa shape index (κ1) is 33.0. The van der Waals surface area contributed by atoms with E-state index in [0.717, 1.165) is 4.90 Å². The molecule has 0 saturated carbocycles. The van der Waals surface area contributed by atoms with Gasteiger partial charge in [0, 0.05) is 42.0 Å². The largest absolute Gasteiger partial charge is 0.416 e. The van der Waals surface area contributed by atoms with Crippen LogP contribution in [0, 0.1) is 5.41 Å². The molecule has 0 aromatic heterocycles. The number of benzodiazepines with no additional fused rings is 1. The number of amides is 1. The van der Waals surface area contributed by atoms with Gasteiger partial charge in [-0.15, -0.1) is 0 Å². The highest BCUT2D eigenvalue weighted by molar-refractivity contribution is 6.19. The summed E-state index contributed by atoms with van der Waals surface area (Å²) in [5.74, 6) is -1.48. The normalized spacial score (nSPS) is 20.3. The topological polar surface area (TPSA) is 128 Å². The van der Waals surface area contributed by atoms with E-state index in [-0.39, 0.29) is 24.4 Å². The molecule has 1 saturated heterocycles. The highest BCUT2D eigenvalue weighted by Gasteiger charge is 2.43. The fraction of sp³-hybridized carbons (Fsp3) is 0.267. The molecule has 0 spiro atoms. The molecule has 9 nitrogen and oxygen atoms in total. The summed E-state index contributed by atoms with van der Waals surface area (Å²) in [6, 6.07) is 13.1. The fourth-order valence-corrected chi connectivity index (χ4v) is 4.63. The summed E-state index contributed by atoms with van der Waals surface area (Å²) in [6.45, 7) is 3.33. The second kappa shape index (κ2) is 13.4. The van der Waals surface area contributed by atoms with Gasteiger partial charge in [-0.05, 0) is 19.1 Å². The van der Waals surface area contributed by atoms with E-state index in [0.29, 0.717) is 34.7 Å². The summed E-state index contributed by atoms with van der Waals surface area (Å²) in [7, 11) is 0. The number of amidine groups is 1. The molecule has 2 unspecified atom stereocenters. The lowest BCUT2D eigenvalue weighted by atomic mass is 10.0. The Balaban J connectivity index is 1.69. The second-order valence-electron chi connectivity index (χ2n) is 9.96. The Kier molecular flexibility index (Phi) is 9.81. The first-order chi connectivity index (χ1) is 21.2. The summed E-state index contributed by atoms with van der Waals surface area (Å²) in [4.78, 5) is 22.6. The van der Waals surface area contributed by atoms with Crippen LogP contribution in [0.1, 0.15) is 18.1 Å². The lowest BCUT2D eigenvalue weighted by Gasteiger charge is -2.37. The van der Waals surface area contributed by atoms with Crippen LogP contribution < -0.4 is 16.4 Å². The van der Waals surface area contributed by atoms with E-state index in [1.807, 2.05) is 0 Å². The average molecular weight is 634 g/mol. The Bertz CT molecular complexity index is 1580. The Labute approximate surface area is 254 Å². The van der Waals surface area contributed by atoms with Crippen molar-refractivity contribution < 1.29 is 35.9 Å². The summed E-state index contributed by atoms with van der Waals surface area (Å²) < 4.78 is 86.6. The molecule has 0 radical (unpaired) electrons. The van der Waals surface area contributed by atoms with Gasteiger partial charge >= 0.3 is 12.4 Å². The Morgan fingerprint density at radius 1 is 1.13 bits per heavy atom. The van der Waals surface area contributed by atoms with Crippen LogP contribution in [0.2, 0.25) is 0 Å². The van der Waals surface area contributed by atoms with Crippen molar-refractivity contribution >= 4 is 29.2 Å². The molecule has 0 bridgehead atoms. The van der Waals surface area contributed by atoms with Crippen molar-refractivity contribution in [3.05, 3.63) is 101 Å². The molecule has 2 aliphatic heterocycles. The summed E-state index contributed by atoms with van der Waals surface area (Å²) >= 11 is 0. The van der Waals surface area contributed by atoms with Crippen LogP contribution in [0.3, 0.4) is 0 Å². The summed E-state index contributed by atoms with van der Waals surface area (Å²) in [6.07, 6.45) is -9.93. The van der Waals surface area contributed by atoms with Crippen molar-refractivity contribution in [3.63, 3.8) is 0 Å². The van der Waals surface area contributed by atoms with Crippen molar-refractivity contribution in [2.45, 2.75) is 31.5 Å². The number of allylic oxidation sites excluding steroid dienone is 3. The van der Waals surface area contributed by atoms with Gasteiger partial charge in [-0.3, -0.25) is 10.2 Å². The van der Waals surface area contributed by atoms with Crippen LogP contribution in [-0.2, 0) is 9.53 Å². The zero-order chi connectivity index (χ0) is 32.9. The van der Waals surface area contributed by atoms with Crippen LogP contribution in [-0.4, -0.2) is 72.6 Å². The lowest BCUT2D eigenvalue weighted by molar-refractivity contribution is -0.163. The molecule has 2 heterocycles. The number of benzene rings is 2. The minimum Gasteiger partial charge on any atom is -0.407 e. The number of nitrogens with zero attached hydrogens (tertiary/aromatic N) is 3. The van der Waals surface area contributed by atoms with Crippen molar-refractivity contribution in [3.8, 4) is 0 Å². The summed E-state index contributed by atoms with van der Waals surface area (Å²) in [5.41, 5.74) is 6.20. The maximum atomic E-state index is 13.6. The van der Waals surface area contributed by atoms with Gasteiger partial charge in [0.05, 0.1) is 17.0 Å². The highest BCUT2D eigenvalue weighted by Crippen LogP contribution is 2.31. The second-order valence-corrected chi connectivity index (χ2v) is 9.96. The molecule has 2 aromatic rings. The molecular formula is C30H29F6N7O2. The zero-order valence-corrected chi connectivity index (χ0v) is 23.8. The number of carbonyl (C=O) groups is 1. The van der Waals surface area contributed by atoms with Gasteiger partial charge in [-0.1, -0.05) is 61.2 Å². The van der Waals surface area contributed by atoms with E-state index in [1.54, 1.807) is 54.6 Å². The predicted octanol–water partition coefficient (Wildman–Crippen LogP) is 4.90. The van der Waals surface area contributed by atoms with Crippen LogP contribution in [0.5, 0.6) is 0 Å². The minimum atomic E-state index is -4.88. The molecule has 4 rings (SSSR count). The van der Waals surface area contributed by atoms with Crippen molar-refractivity contribution in [2.24, 2.45) is 15.7 Å². The van der Waals surface area contributed by atoms with Crippen LogP contribution in [0.4, 0.5) is 32.0 Å². The maximum absolute atomic E-state index is 13.6. The lowest BCUT2D eigenvalue weighted by Crippen LogP contribution is -2.56. The summed E-state index contributed by atoms with van der Waals surface area (Å²) in [5, 5.41) is 13.4. The van der Waals surface area contributed by atoms with Crippen molar-refractivity contribution in [1.82, 2.24) is 10.2 Å². The molecule has 2 aliphatic rings. The smallest absolute Gasteiger partial charge is 0.407 e. The van der Waals surface area contributed by atoms with Gasteiger partial charge in [-0.2, -0.15) is 31.3 Å². The number of nitrogens with one attached hydrogen (secondary N) is 3. The molecule has 1 amide bonds. The number of aliphatic imine (C=N–C) groups is 2. The molecule has 238 valence electrons. The van der Waals surface area contributed by atoms with Gasteiger partial charge in [0.1, 0.15) is 6.04 Å². The molecular weight excluding hydrogens is 604 g/mol. The van der Waals surface area contributed by atoms with E-state index in [4.69, 9.17) is 15.9 Å². The molecule has 1 fully saturated rings. The first-order valence-electron chi connectivity index (χ1n) is 13.5. The van der Waals surface area contributed by atoms with Crippen molar-refractivity contribution in [2.75, 3.05) is 25.0 Å². The number of nitrogens with two attached hydrogens (primary N) is 1. The number of rotatable bonds is 6. The van der Waals surface area contributed by atoms with Gasteiger partial charge in [0.25, 0.3) is 11.9 Å². The maximum Gasteiger partial charge on any atom is 0.416 e. The third kappa shape index (κ3) is 7.98. The number of para-hydroxylation sites is 1. The number of anilines is 1. The standard InChI is InChI=1S/C30H29F6N7O2/c1-3-19(29(31,32)33)15-22(43-14-13-39-23(16-43)30(34,35)36)17(2)25(37)45-28(38)42-26-27(44)40-21-12-8-7-11-20(21)24(41-26)18-9-5-4-6-10-18/h3-12,15,23,26,37,39H,1,13-14,16H2,2H3,(H2,38,42)(H,40,44)/b19-15+,22-17-,37-25?. The van der Waals surface area contributed by atoms with E-state index < -0.39 is 54.5 Å².